The lowest BCUT2D eigenvalue weighted by molar-refractivity contribution is -0.134. The van der Waals surface area contributed by atoms with Gasteiger partial charge in [-0.2, -0.15) is 0 Å². The number of benzene rings is 2. The van der Waals surface area contributed by atoms with Gasteiger partial charge in [-0.05, 0) is 146 Å². The highest BCUT2D eigenvalue weighted by molar-refractivity contribution is 9.10. The molecule has 2 aromatic heterocycles. The van der Waals surface area contributed by atoms with E-state index in [9.17, 15) is 4.79 Å². The quantitative estimate of drug-likeness (QED) is 0.221. The largest absolute Gasteiger partial charge is 0.381 e. The molecule has 4 aromatic rings. The van der Waals surface area contributed by atoms with Crippen molar-refractivity contribution in [3.05, 3.63) is 125 Å². The SMILES string of the molecule is Clc1ccc2c(c1)CCc1cc(Br)cnc1[C@@H]2N1CCNCC1.O=C(CC1CCOCC1)N1CCN([C@@H]2c3ccc(Cl)cc3CCc3cc(Br)cnc32)CC1. The molecule has 5 heterocycles. The predicted molar refractivity (Wildman–Crippen MR) is 226 cm³/mol. The third-order valence-corrected chi connectivity index (χ3v) is 13.3. The van der Waals surface area contributed by atoms with E-state index in [1.165, 1.54) is 39.1 Å². The lowest BCUT2D eigenvalue weighted by Crippen LogP contribution is -2.50. The molecule has 0 bridgehead atoms. The zero-order valence-electron chi connectivity index (χ0n) is 31.1. The molecule has 1 N–H and O–H groups in total. The molecule has 8 nitrogen and oxygen atoms in total. The average molecular weight is 912 g/mol. The standard InChI is InChI=1S/C25H29BrClN3O2.C18H19BrClN3/c26-20-14-19-2-1-18-15-21(27)3-4-22(18)25(24(19)28-16-20)30-9-7-29(8-10-30)23(31)13-17-5-11-32-12-6-17;19-14-9-13-2-1-12-10-15(20)3-4-16(12)18(17(13)22-11-14)23-7-5-21-6-8-23/h3-4,14-17,25H,1-2,5-13H2;3-4,9-11,18,21H,1-2,5-8H2/t25-;18-/m11/s1. The summed E-state index contributed by atoms with van der Waals surface area (Å²) in [6.07, 6.45) is 10.4. The molecule has 9 rings (SSSR count). The minimum absolute atomic E-state index is 0.0978. The van der Waals surface area contributed by atoms with Crippen LogP contribution >= 0.6 is 55.1 Å². The van der Waals surface area contributed by atoms with E-state index in [1.54, 1.807) is 0 Å². The van der Waals surface area contributed by atoms with E-state index in [1.807, 2.05) is 24.5 Å². The third-order valence-electron chi connectivity index (χ3n) is 11.9. The van der Waals surface area contributed by atoms with Crippen molar-refractivity contribution < 1.29 is 9.53 Å². The topological polar surface area (TPSA) is 73.8 Å². The van der Waals surface area contributed by atoms with Crippen LogP contribution in [-0.4, -0.2) is 96.1 Å². The van der Waals surface area contributed by atoms with Crippen LogP contribution in [0.1, 0.15) is 76.1 Å². The fraction of sp³-hybridized carbons (Fsp3) is 0.465. The number of carbonyl (C=O) groups is 1. The highest BCUT2D eigenvalue weighted by Crippen LogP contribution is 2.39. The van der Waals surface area contributed by atoms with Gasteiger partial charge in [-0.1, -0.05) is 35.3 Å². The maximum absolute atomic E-state index is 12.9. The van der Waals surface area contributed by atoms with Crippen LogP contribution in [0.25, 0.3) is 0 Å². The molecule has 55 heavy (non-hydrogen) atoms. The first-order valence-electron chi connectivity index (χ1n) is 19.7. The molecule has 2 aliphatic carbocycles. The number of piperazine rings is 2. The zero-order chi connectivity index (χ0) is 37.9. The van der Waals surface area contributed by atoms with E-state index >= 15 is 0 Å². The fourth-order valence-electron chi connectivity index (χ4n) is 9.06. The van der Waals surface area contributed by atoms with Crippen LogP contribution < -0.4 is 5.32 Å². The van der Waals surface area contributed by atoms with Crippen molar-refractivity contribution in [1.29, 1.82) is 0 Å². The van der Waals surface area contributed by atoms with Gasteiger partial charge in [0.25, 0.3) is 0 Å². The number of nitrogens with one attached hydrogen (secondary N) is 1. The summed E-state index contributed by atoms with van der Waals surface area (Å²) >= 11 is 19.8. The maximum atomic E-state index is 12.9. The van der Waals surface area contributed by atoms with E-state index in [0.29, 0.717) is 18.2 Å². The number of fused-ring (bicyclic) bond motifs is 4. The number of hydrogen-bond donors (Lipinski definition) is 1. The molecule has 1 amide bonds. The van der Waals surface area contributed by atoms with E-state index < -0.39 is 0 Å². The zero-order valence-corrected chi connectivity index (χ0v) is 35.8. The van der Waals surface area contributed by atoms with Crippen LogP contribution in [0.15, 0.2) is 69.9 Å². The Morgan fingerprint density at radius 1 is 0.691 bits per heavy atom. The molecule has 5 aliphatic rings. The second kappa shape index (κ2) is 18.0. The molecule has 3 fully saturated rings. The average Bonchev–Trinajstić information content (AvgIpc) is 3.46. The predicted octanol–water partition coefficient (Wildman–Crippen LogP) is 8.24. The Kier molecular flexibility index (Phi) is 12.9. The number of pyridine rings is 2. The van der Waals surface area contributed by atoms with Crippen molar-refractivity contribution >= 4 is 61.0 Å². The highest BCUT2D eigenvalue weighted by Gasteiger charge is 2.34. The number of halogens is 4. The summed E-state index contributed by atoms with van der Waals surface area (Å²) in [5.74, 6) is 0.773. The Morgan fingerprint density at radius 2 is 1.18 bits per heavy atom. The molecule has 290 valence electrons. The van der Waals surface area contributed by atoms with Crippen LogP contribution in [0, 0.1) is 5.92 Å². The van der Waals surface area contributed by atoms with Gasteiger partial charge in [-0.3, -0.25) is 24.6 Å². The second-order valence-electron chi connectivity index (χ2n) is 15.3. The number of ether oxygens (including phenoxy) is 1. The van der Waals surface area contributed by atoms with E-state index in [-0.39, 0.29) is 12.1 Å². The number of carbonyl (C=O) groups excluding carboxylic acids is 1. The normalized spacial score (nSPS) is 21.9. The monoisotopic (exact) mass is 908 g/mol. The Labute approximate surface area is 351 Å². The minimum atomic E-state index is 0.0978. The number of aromatic nitrogens is 2. The molecule has 2 atom stereocenters. The highest BCUT2D eigenvalue weighted by atomic mass is 79.9. The van der Waals surface area contributed by atoms with Crippen LogP contribution in [-0.2, 0) is 35.2 Å². The Morgan fingerprint density at radius 3 is 1.71 bits per heavy atom. The summed E-state index contributed by atoms with van der Waals surface area (Å²) in [5.41, 5.74) is 10.3. The summed E-state index contributed by atoms with van der Waals surface area (Å²) in [6.45, 7) is 8.98. The molecule has 0 radical (unpaired) electrons. The van der Waals surface area contributed by atoms with Crippen molar-refractivity contribution in [3.8, 4) is 0 Å². The number of nitrogens with zero attached hydrogens (tertiary/aromatic N) is 5. The molecule has 0 spiro atoms. The van der Waals surface area contributed by atoms with Crippen LogP contribution in [0.5, 0.6) is 0 Å². The first kappa shape index (κ1) is 39.4. The van der Waals surface area contributed by atoms with Gasteiger partial charge in [0.05, 0.1) is 23.5 Å². The fourth-order valence-corrected chi connectivity index (χ4v) is 10.2. The van der Waals surface area contributed by atoms with Gasteiger partial charge in [-0.15, -0.1) is 0 Å². The van der Waals surface area contributed by atoms with Crippen LogP contribution in [0.3, 0.4) is 0 Å². The van der Waals surface area contributed by atoms with Crippen molar-refractivity contribution in [2.45, 2.75) is 57.0 Å². The Hall–Kier alpha value is -2.41. The van der Waals surface area contributed by atoms with Gasteiger partial charge in [0.2, 0.25) is 5.91 Å². The first-order valence-corrected chi connectivity index (χ1v) is 22.0. The van der Waals surface area contributed by atoms with E-state index in [0.717, 1.165) is 129 Å². The van der Waals surface area contributed by atoms with Crippen molar-refractivity contribution in [2.75, 3.05) is 65.6 Å². The number of aryl methyl sites for hydroxylation is 4. The smallest absolute Gasteiger partial charge is 0.222 e. The molecule has 3 saturated heterocycles. The van der Waals surface area contributed by atoms with Gasteiger partial charge in [0.15, 0.2) is 0 Å². The molecular formula is C43H48Br2Cl2N6O2. The lowest BCUT2D eigenvalue weighted by Gasteiger charge is -2.40. The van der Waals surface area contributed by atoms with E-state index in [4.69, 9.17) is 37.9 Å². The molecule has 3 aliphatic heterocycles. The van der Waals surface area contributed by atoms with Crippen molar-refractivity contribution in [2.24, 2.45) is 5.92 Å². The summed E-state index contributed by atoms with van der Waals surface area (Å²) in [4.78, 5) is 29.7. The van der Waals surface area contributed by atoms with Gasteiger partial charge in [0.1, 0.15) is 0 Å². The van der Waals surface area contributed by atoms with Gasteiger partial charge < -0.3 is 15.0 Å². The van der Waals surface area contributed by atoms with Gasteiger partial charge in [-0.25, -0.2) is 0 Å². The van der Waals surface area contributed by atoms with Crippen molar-refractivity contribution in [1.82, 2.24) is 30.0 Å². The molecule has 2 aromatic carbocycles. The molecule has 0 unspecified atom stereocenters. The number of hydrogen-bond acceptors (Lipinski definition) is 7. The maximum Gasteiger partial charge on any atom is 0.222 e. The second-order valence-corrected chi connectivity index (χ2v) is 18.1. The molecule has 0 saturated carbocycles. The lowest BCUT2D eigenvalue weighted by atomic mass is 9.95. The summed E-state index contributed by atoms with van der Waals surface area (Å²) in [5, 5.41) is 5.05. The van der Waals surface area contributed by atoms with Crippen LogP contribution in [0.4, 0.5) is 0 Å². The van der Waals surface area contributed by atoms with E-state index in [2.05, 4.69) is 88.3 Å². The summed E-state index contributed by atoms with van der Waals surface area (Å²) < 4.78 is 7.51. The number of rotatable bonds is 4. The molecular weight excluding hydrogens is 863 g/mol. The minimum Gasteiger partial charge on any atom is -0.381 e. The van der Waals surface area contributed by atoms with Gasteiger partial charge >= 0.3 is 0 Å². The number of amides is 1. The van der Waals surface area contributed by atoms with Crippen LogP contribution in [0.2, 0.25) is 10.0 Å². The Balaban J connectivity index is 0.000000164. The van der Waals surface area contributed by atoms with Crippen molar-refractivity contribution in [3.63, 3.8) is 0 Å². The summed E-state index contributed by atoms with van der Waals surface area (Å²) in [7, 11) is 0. The summed E-state index contributed by atoms with van der Waals surface area (Å²) in [6, 6.07) is 17.4. The third kappa shape index (κ3) is 9.18. The first-order chi connectivity index (χ1) is 26.8. The Bertz CT molecular complexity index is 1890. The molecule has 12 heteroatoms. The van der Waals surface area contributed by atoms with Gasteiger partial charge in [0, 0.05) is 103 Å².